The number of aliphatic hydroxyl groups excluding tert-OH is 1. The number of hydrogen-bond donors (Lipinski definition) is 2. The average Bonchev–Trinajstić information content (AvgIpc) is 2.38. The molecule has 0 saturated heterocycles. The van der Waals surface area contributed by atoms with Crippen molar-refractivity contribution in [2.75, 3.05) is 5.32 Å². The third-order valence-electron chi connectivity index (χ3n) is 2.71. The van der Waals surface area contributed by atoms with Gasteiger partial charge in [0.15, 0.2) is 0 Å². The van der Waals surface area contributed by atoms with Gasteiger partial charge >= 0.3 is 0 Å². The van der Waals surface area contributed by atoms with Crippen molar-refractivity contribution in [3.63, 3.8) is 0 Å². The van der Waals surface area contributed by atoms with Gasteiger partial charge in [0.25, 0.3) is 0 Å². The van der Waals surface area contributed by atoms with Crippen LogP contribution in [0.25, 0.3) is 0 Å². The Labute approximate surface area is 116 Å². The number of halogens is 2. The molecule has 0 atom stereocenters. The number of aliphatic hydroxyl groups is 1. The first-order valence-corrected chi connectivity index (χ1v) is 6.33. The molecular formula is C14H13Cl2NO. The molecule has 2 aromatic carbocycles. The van der Waals surface area contributed by atoms with Gasteiger partial charge in [0.2, 0.25) is 0 Å². The van der Waals surface area contributed by atoms with Crippen molar-refractivity contribution in [3.05, 3.63) is 63.6 Å². The summed E-state index contributed by atoms with van der Waals surface area (Å²) in [6.07, 6.45) is 0. The Morgan fingerprint density at radius 1 is 0.944 bits per heavy atom. The van der Waals surface area contributed by atoms with Crippen LogP contribution in [0.1, 0.15) is 11.1 Å². The van der Waals surface area contributed by atoms with Crippen LogP contribution in [0, 0.1) is 0 Å². The fourth-order valence-electron chi connectivity index (χ4n) is 1.72. The maximum absolute atomic E-state index is 9.23. The third kappa shape index (κ3) is 2.96. The molecule has 0 spiro atoms. The van der Waals surface area contributed by atoms with Crippen molar-refractivity contribution in [1.82, 2.24) is 0 Å². The summed E-state index contributed by atoms with van der Waals surface area (Å²) in [4.78, 5) is 0. The fraction of sp³-hybridized carbons (Fsp3) is 0.143. The molecule has 18 heavy (non-hydrogen) atoms. The molecule has 2 nitrogen and oxygen atoms in total. The molecule has 0 unspecified atom stereocenters. The predicted octanol–water partition coefficient (Wildman–Crippen LogP) is 4.10. The maximum Gasteiger partial charge on any atom is 0.0701 e. The first kappa shape index (κ1) is 13.2. The minimum absolute atomic E-state index is 0.000568. The molecule has 0 bridgehead atoms. The van der Waals surface area contributed by atoms with Gasteiger partial charge in [0.05, 0.1) is 6.61 Å². The second-order valence-electron chi connectivity index (χ2n) is 3.87. The Balaban J connectivity index is 2.16. The largest absolute Gasteiger partial charge is 0.392 e. The van der Waals surface area contributed by atoms with Gasteiger partial charge in [0, 0.05) is 33.4 Å². The van der Waals surface area contributed by atoms with Crippen LogP contribution in [-0.2, 0) is 13.2 Å². The minimum atomic E-state index is -0.000568. The monoisotopic (exact) mass is 281 g/mol. The molecular weight excluding hydrogens is 269 g/mol. The second kappa shape index (κ2) is 6.10. The van der Waals surface area contributed by atoms with E-state index < -0.39 is 0 Å². The lowest BCUT2D eigenvalue weighted by Gasteiger charge is -2.12. The van der Waals surface area contributed by atoms with Gasteiger partial charge in [-0.3, -0.25) is 0 Å². The number of para-hydroxylation sites is 1. The van der Waals surface area contributed by atoms with E-state index in [2.05, 4.69) is 5.32 Å². The van der Waals surface area contributed by atoms with Crippen LogP contribution in [0.5, 0.6) is 0 Å². The Bertz CT molecular complexity index is 523. The highest BCUT2D eigenvalue weighted by Gasteiger charge is 2.06. The first-order chi connectivity index (χ1) is 8.72. The zero-order valence-electron chi connectivity index (χ0n) is 9.66. The van der Waals surface area contributed by atoms with Crippen LogP contribution in [0.3, 0.4) is 0 Å². The van der Waals surface area contributed by atoms with Crippen molar-refractivity contribution in [1.29, 1.82) is 0 Å². The molecule has 0 aromatic heterocycles. The van der Waals surface area contributed by atoms with Gasteiger partial charge < -0.3 is 10.4 Å². The number of nitrogens with one attached hydrogen (secondary N) is 1. The fourth-order valence-corrected chi connectivity index (χ4v) is 2.25. The maximum atomic E-state index is 9.23. The van der Waals surface area contributed by atoms with Crippen molar-refractivity contribution in [2.45, 2.75) is 13.2 Å². The predicted molar refractivity (Wildman–Crippen MR) is 76.2 cm³/mol. The van der Waals surface area contributed by atoms with E-state index in [9.17, 15) is 5.11 Å². The molecule has 0 radical (unpaired) electrons. The van der Waals surface area contributed by atoms with E-state index in [1.807, 2.05) is 42.5 Å². The van der Waals surface area contributed by atoms with Crippen molar-refractivity contribution < 1.29 is 5.11 Å². The molecule has 0 aliphatic carbocycles. The number of anilines is 1. The van der Waals surface area contributed by atoms with Crippen molar-refractivity contribution in [3.8, 4) is 0 Å². The zero-order chi connectivity index (χ0) is 13.0. The van der Waals surface area contributed by atoms with Crippen molar-refractivity contribution >= 4 is 28.9 Å². The highest BCUT2D eigenvalue weighted by atomic mass is 35.5. The average molecular weight is 282 g/mol. The first-order valence-electron chi connectivity index (χ1n) is 5.58. The summed E-state index contributed by atoms with van der Waals surface area (Å²) in [5.41, 5.74) is 2.59. The summed E-state index contributed by atoms with van der Waals surface area (Å²) in [6, 6.07) is 13.0. The summed E-state index contributed by atoms with van der Waals surface area (Å²) >= 11 is 12.2. The normalized spacial score (nSPS) is 10.4. The van der Waals surface area contributed by atoms with E-state index in [0.29, 0.717) is 16.6 Å². The molecule has 0 fully saturated rings. The van der Waals surface area contributed by atoms with E-state index in [4.69, 9.17) is 23.2 Å². The molecule has 0 saturated carbocycles. The molecule has 2 aromatic rings. The van der Waals surface area contributed by atoms with E-state index in [1.165, 1.54) is 0 Å². The topological polar surface area (TPSA) is 32.3 Å². The van der Waals surface area contributed by atoms with E-state index in [1.54, 1.807) is 0 Å². The van der Waals surface area contributed by atoms with Crippen LogP contribution in [0.2, 0.25) is 10.0 Å². The Kier molecular flexibility index (Phi) is 4.48. The highest BCUT2D eigenvalue weighted by Crippen LogP contribution is 2.25. The van der Waals surface area contributed by atoms with Crippen LogP contribution in [0.15, 0.2) is 42.5 Å². The Hall–Kier alpha value is -1.22. The third-order valence-corrected chi connectivity index (χ3v) is 3.41. The van der Waals surface area contributed by atoms with Crippen LogP contribution in [0.4, 0.5) is 5.69 Å². The van der Waals surface area contributed by atoms with E-state index in [-0.39, 0.29) is 6.61 Å². The molecule has 0 amide bonds. The lowest BCUT2D eigenvalue weighted by Crippen LogP contribution is -2.03. The summed E-state index contributed by atoms with van der Waals surface area (Å²) in [6.45, 7) is 0.523. The molecule has 2 N–H and O–H groups in total. The smallest absolute Gasteiger partial charge is 0.0701 e. The van der Waals surface area contributed by atoms with Crippen LogP contribution >= 0.6 is 23.2 Å². The Morgan fingerprint density at radius 2 is 1.61 bits per heavy atom. The van der Waals surface area contributed by atoms with Gasteiger partial charge in [-0.2, -0.15) is 0 Å². The summed E-state index contributed by atoms with van der Waals surface area (Å²) < 4.78 is 0. The number of hydrogen-bond acceptors (Lipinski definition) is 2. The zero-order valence-corrected chi connectivity index (χ0v) is 11.2. The highest BCUT2D eigenvalue weighted by molar-refractivity contribution is 6.36. The summed E-state index contributed by atoms with van der Waals surface area (Å²) in [5.74, 6) is 0. The van der Waals surface area contributed by atoms with E-state index >= 15 is 0 Å². The van der Waals surface area contributed by atoms with Gasteiger partial charge in [-0.05, 0) is 18.2 Å². The van der Waals surface area contributed by atoms with Gasteiger partial charge in [0.1, 0.15) is 0 Å². The standard InChI is InChI=1S/C14H13Cl2NO/c15-12-5-3-6-13(16)11(12)8-17-14-7-2-1-4-10(14)9-18/h1-7,17-18H,8-9H2. The van der Waals surface area contributed by atoms with Crippen molar-refractivity contribution in [2.24, 2.45) is 0 Å². The van der Waals surface area contributed by atoms with Crippen LogP contribution < -0.4 is 5.32 Å². The lowest BCUT2D eigenvalue weighted by atomic mass is 10.1. The minimum Gasteiger partial charge on any atom is -0.392 e. The molecule has 2 rings (SSSR count). The molecule has 0 aliphatic heterocycles. The van der Waals surface area contributed by atoms with Gasteiger partial charge in [-0.25, -0.2) is 0 Å². The molecule has 94 valence electrons. The molecule has 0 heterocycles. The quantitative estimate of drug-likeness (QED) is 0.885. The SMILES string of the molecule is OCc1ccccc1NCc1c(Cl)cccc1Cl. The Morgan fingerprint density at radius 3 is 2.28 bits per heavy atom. The second-order valence-corrected chi connectivity index (χ2v) is 4.68. The van der Waals surface area contributed by atoms with Gasteiger partial charge in [-0.15, -0.1) is 0 Å². The summed E-state index contributed by atoms with van der Waals surface area (Å²) in [5, 5.41) is 13.7. The summed E-state index contributed by atoms with van der Waals surface area (Å²) in [7, 11) is 0. The van der Waals surface area contributed by atoms with E-state index in [0.717, 1.165) is 16.8 Å². The molecule has 4 heteroatoms. The number of benzene rings is 2. The van der Waals surface area contributed by atoms with Gasteiger partial charge in [-0.1, -0.05) is 47.5 Å². The van der Waals surface area contributed by atoms with Crippen LogP contribution in [-0.4, -0.2) is 5.11 Å². The number of rotatable bonds is 4. The molecule has 0 aliphatic rings. The lowest BCUT2D eigenvalue weighted by molar-refractivity contribution is 0.282.